The fourth-order valence-corrected chi connectivity index (χ4v) is 4.31. The van der Waals surface area contributed by atoms with Crippen LogP contribution in [-0.4, -0.2) is 43.5 Å². The maximum absolute atomic E-state index is 12.7. The van der Waals surface area contributed by atoms with Crippen LogP contribution in [0, 0.1) is 0 Å². The molecule has 2 aromatic rings. The molecule has 1 saturated heterocycles. The molecule has 0 atom stereocenters. The SMILES string of the molecule is CC.CC=Nc1ccc2sc3c(c2c1N=CC)NCC1(CNC1)NC3=O. The number of thiophene rings is 1. The smallest absolute Gasteiger partial charge is 0.264 e. The summed E-state index contributed by atoms with van der Waals surface area (Å²) in [7, 11) is 0. The van der Waals surface area contributed by atoms with Crippen LogP contribution in [0.15, 0.2) is 22.1 Å². The molecule has 3 N–H and O–H groups in total. The van der Waals surface area contributed by atoms with Gasteiger partial charge in [-0.2, -0.15) is 0 Å². The van der Waals surface area contributed by atoms with E-state index in [4.69, 9.17) is 0 Å². The number of carbonyl (C=O) groups excluding carboxylic acids is 1. The number of hydrogen-bond donors (Lipinski definition) is 3. The Morgan fingerprint density at radius 3 is 2.46 bits per heavy atom. The molecule has 0 saturated carbocycles. The maximum atomic E-state index is 12.7. The second-order valence-electron chi connectivity index (χ2n) is 6.08. The van der Waals surface area contributed by atoms with Crippen molar-refractivity contribution in [1.29, 1.82) is 0 Å². The molecule has 0 bridgehead atoms. The Kier molecular flexibility index (Phi) is 5.38. The van der Waals surface area contributed by atoms with Crippen LogP contribution in [0.2, 0.25) is 0 Å². The molecular formula is C19H25N5OS. The highest BCUT2D eigenvalue weighted by atomic mass is 32.1. The second-order valence-corrected chi connectivity index (χ2v) is 7.13. The number of carbonyl (C=O) groups is 1. The highest BCUT2D eigenvalue weighted by Gasteiger charge is 2.41. The van der Waals surface area contributed by atoms with Gasteiger partial charge in [0.1, 0.15) is 4.88 Å². The van der Waals surface area contributed by atoms with Crippen LogP contribution in [0.3, 0.4) is 0 Å². The highest BCUT2D eigenvalue weighted by molar-refractivity contribution is 7.21. The first-order chi connectivity index (χ1) is 12.7. The van der Waals surface area contributed by atoms with Crippen LogP contribution in [0.4, 0.5) is 17.1 Å². The molecule has 4 rings (SSSR count). The van der Waals surface area contributed by atoms with E-state index >= 15 is 0 Å². The van der Waals surface area contributed by atoms with Crippen LogP contribution in [0.1, 0.15) is 37.4 Å². The first kappa shape index (κ1) is 18.5. The zero-order valence-electron chi connectivity index (χ0n) is 15.6. The molecule has 0 radical (unpaired) electrons. The summed E-state index contributed by atoms with van der Waals surface area (Å²) < 4.78 is 1.04. The van der Waals surface area contributed by atoms with Gasteiger partial charge in [0.15, 0.2) is 0 Å². The fraction of sp³-hybridized carbons (Fsp3) is 0.421. The summed E-state index contributed by atoms with van der Waals surface area (Å²) in [4.78, 5) is 22.4. The number of hydrogen-bond acceptors (Lipinski definition) is 6. The van der Waals surface area contributed by atoms with E-state index < -0.39 is 0 Å². The van der Waals surface area contributed by atoms with Crippen molar-refractivity contribution < 1.29 is 4.79 Å². The highest BCUT2D eigenvalue weighted by Crippen LogP contribution is 2.46. The molecule has 138 valence electrons. The van der Waals surface area contributed by atoms with Crippen LogP contribution in [0.5, 0.6) is 0 Å². The number of fused-ring (bicyclic) bond motifs is 3. The van der Waals surface area contributed by atoms with Crippen molar-refractivity contribution in [1.82, 2.24) is 10.6 Å². The van der Waals surface area contributed by atoms with Crippen LogP contribution in [0.25, 0.3) is 10.1 Å². The second kappa shape index (κ2) is 7.55. The quantitative estimate of drug-likeness (QED) is 0.701. The van der Waals surface area contributed by atoms with E-state index in [1.165, 1.54) is 11.3 Å². The van der Waals surface area contributed by atoms with Crippen molar-refractivity contribution in [2.24, 2.45) is 9.98 Å². The van der Waals surface area contributed by atoms with Crippen LogP contribution < -0.4 is 16.0 Å². The first-order valence-electron chi connectivity index (χ1n) is 9.01. The Hall–Kier alpha value is -2.25. The number of rotatable bonds is 2. The number of aliphatic imine (C=N–C) groups is 2. The lowest BCUT2D eigenvalue weighted by molar-refractivity contribution is 0.0878. The Balaban J connectivity index is 0.000000948. The van der Waals surface area contributed by atoms with Gasteiger partial charge in [-0.3, -0.25) is 14.8 Å². The Morgan fingerprint density at radius 2 is 1.85 bits per heavy atom. The molecule has 2 aliphatic heterocycles. The summed E-state index contributed by atoms with van der Waals surface area (Å²) in [6, 6.07) is 3.97. The first-order valence-corrected chi connectivity index (χ1v) is 9.83. The Bertz CT molecular complexity index is 880. The van der Waals surface area contributed by atoms with Crippen molar-refractivity contribution in [3.63, 3.8) is 0 Å². The lowest BCUT2D eigenvalue weighted by atomic mass is 9.92. The van der Waals surface area contributed by atoms with Gasteiger partial charge >= 0.3 is 0 Å². The third-order valence-electron chi connectivity index (χ3n) is 4.45. The van der Waals surface area contributed by atoms with Gasteiger partial charge in [0.25, 0.3) is 5.91 Å². The zero-order valence-corrected chi connectivity index (χ0v) is 16.5. The van der Waals surface area contributed by atoms with Crippen molar-refractivity contribution in [3.05, 3.63) is 17.0 Å². The van der Waals surface area contributed by atoms with Gasteiger partial charge < -0.3 is 16.0 Å². The van der Waals surface area contributed by atoms with Crippen molar-refractivity contribution in [2.75, 3.05) is 25.0 Å². The van der Waals surface area contributed by atoms with Gasteiger partial charge in [0.05, 0.1) is 22.6 Å². The molecule has 1 spiro atoms. The lowest BCUT2D eigenvalue weighted by Gasteiger charge is -2.42. The standard InChI is InChI=1S/C17H19N5OS.C2H6/c1-3-19-10-5-6-11-12(13(10)20-4-2)14-15(24-11)16(23)22-17(9-21-14)7-18-8-17;1-2/h3-6,18,21H,7-9H2,1-2H3,(H,22,23);1-2H3. The molecule has 1 aromatic heterocycles. The predicted octanol–water partition coefficient (Wildman–Crippen LogP) is 3.87. The molecule has 1 fully saturated rings. The van der Waals surface area contributed by atoms with Crippen molar-refractivity contribution in [2.45, 2.75) is 33.2 Å². The zero-order chi connectivity index (χ0) is 18.7. The van der Waals surface area contributed by atoms with E-state index in [1.54, 1.807) is 12.4 Å². The summed E-state index contributed by atoms with van der Waals surface area (Å²) in [5.41, 5.74) is 2.32. The largest absolute Gasteiger partial charge is 0.381 e. The number of benzene rings is 1. The molecule has 6 nitrogen and oxygen atoms in total. The minimum absolute atomic E-state index is 0.00956. The number of nitrogens with zero attached hydrogens (tertiary/aromatic N) is 2. The average molecular weight is 372 g/mol. The van der Waals surface area contributed by atoms with E-state index in [0.717, 1.165) is 45.1 Å². The van der Waals surface area contributed by atoms with E-state index in [1.807, 2.05) is 39.8 Å². The van der Waals surface area contributed by atoms with Gasteiger partial charge in [-0.25, -0.2) is 0 Å². The van der Waals surface area contributed by atoms with Crippen molar-refractivity contribution >= 4 is 56.8 Å². The average Bonchev–Trinajstić information content (AvgIpc) is 2.93. The molecule has 3 heterocycles. The normalized spacial score (nSPS) is 18.1. The molecule has 7 heteroatoms. The topological polar surface area (TPSA) is 77.9 Å². The molecular weight excluding hydrogens is 346 g/mol. The number of anilines is 1. The molecule has 2 aliphatic rings. The summed E-state index contributed by atoms with van der Waals surface area (Å²) in [6.45, 7) is 10.1. The van der Waals surface area contributed by atoms with Gasteiger partial charge in [-0.15, -0.1) is 11.3 Å². The van der Waals surface area contributed by atoms with Crippen LogP contribution >= 0.6 is 11.3 Å². The summed E-state index contributed by atoms with van der Waals surface area (Å²) in [5.74, 6) is -0.00956. The van der Waals surface area contributed by atoms with E-state index in [2.05, 4.69) is 25.9 Å². The van der Waals surface area contributed by atoms with E-state index in [9.17, 15) is 4.79 Å². The van der Waals surface area contributed by atoms with E-state index in [-0.39, 0.29) is 11.4 Å². The molecule has 26 heavy (non-hydrogen) atoms. The Labute approximate surface area is 157 Å². The summed E-state index contributed by atoms with van der Waals surface area (Å²) in [5, 5.41) is 10.9. The van der Waals surface area contributed by atoms with Crippen LogP contribution in [-0.2, 0) is 0 Å². The third-order valence-corrected chi connectivity index (χ3v) is 5.60. The van der Waals surface area contributed by atoms with Gasteiger partial charge in [0, 0.05) is 42.1 Å². The van der Waals surface area contributed by atoms with Gasteiger partial charge in [-0.1, -0.05) is 13.8 Å². The molecule has 0 aliphatic carbocycles. The van der Waals surface area contributed by atoms with Crippen molar-refractivity contribution in [3.8, 4) is 0 Å². The summed E-state index contributed by atoms with van der Waals surface area (Å²) in [6.07, 6.45) is 3.53. The van der Waals surface area contributed by atoms with Gasteiger partial charge in [-0.05, 0) is 26.0 Å². The number of nitrogens with one attached hydrogen (secondary N) is 3. The Morgan fingerprint density at radius 1 is 1.12 bits per heavy atom. The lowest BCUT2D eigenvalue weighted by Crippen LogP contribution is -2.71. The maximum Gasteiger partial charge on any atom is 0.264 e. The molecule has 0 unspecified atom stereocenters. The predicted molar refractivity (Wildman–Crippen MR) is 112 cm³/mol. The molecule has 1 amide bonds. The third kappa shape index (κ3) is 3.01. The minimum atomic E-state index is -0.185. The van der Waals surface area contributed by atoms with E-state index in [0.29, 0.717) is 6.54 Å². The fourth-order valence-electron chi connectivity index (χ4n) is 3.23. The monoisotopic (exact) mass is 371 g/mol. The summed E-state index contributed by atoms with van der Waals surface area (Å²) >= 11 is 1.50. The van der Waals surface area contributed by atoms with Gasteiger partial charge in [0.2, 0.25) is 0 Å². The minimum Gasteiger partial charge on any atom is -0.381 e. The molecule has 1 aromatic carbocycles. The number of amides is 1.